The molecule has 6 N–H and O–H groups in total. The monoisotopic (exact) mass is 695 g/mol. The predicted octanol–water partition coefficient (Wildman–Crippen LogP) is 2.03. The minimum atomic E-state index is -4.80. The molecule has 2 aromatic rings. The molecule has 0 heterocycles. The predicted molar refractivity (Wildman–Crippen MR) is 172 cm³/mol. The van der Waals surface area contributed by atoms with Crippen LogP contribution in [0.2, 0.25) is 0 Å². The van der Waals surface area contributed by atoms with Gasteiger partial charge in [0.1, 0.15) is 0 Å². The summed E-state index contributed by atoms with van der Waals surface area (Å²) in [5, 5.41) is 47.1. The average molecular weight is 696 g/mol. The van der Waals surface area contributed by atoms with Crippen molar-refractivity contribution in [3.63, 3.8) is 0 Å². The summed E-state index contributed by atoms with van der Waals surface area (Å²) in [7, 11) is -4.80. The maximum atomic E-state index is 13.0. The third-order valence-corrected chi connectivity index (χ3v) is 8.00. The van der Waals surface area contributed by atoms with E-state index in [4.69, 9.17) is 9.05 Å². The molecule has 0 aromatic heterocycles. The molecule has 2 aromatic carbocycles. The van der Waals surface area contributed by atoms with E-state index in [1.54, 1.807) is 0 Å². The molecule has 0 spiro atoms. The molecule has 0 aliphatic heterocycles. The van der Waals surface area contributed by atoms with Crippen LogP contribution in [-0.2, 0) is 32.8 Å². The summed E-state index contributed by atoms with van der Waals surface area (Å²) in [4.78, 5) is 60.2. The molecule has 0 radical (unpaired) electrons. The van der Waals surface area contributed by atoms with Crippen LogP contribution in [0.3, 0.4) is 0 Å². The van der Waals surface area contributed by atoms with Gasteiger partial charge < -0.3 is 30.4 Å². The zero-order chi connectivity index (χ0) is 35.7. The quantitative estimate of drug-likeness (QED) is 0.0644. The highest BCUT2D eigenvalue weighted by Crippen LogP contribution is 2.44. The Morgan fingerprint density at radius 3 is 1.60 bits per heavy atom. The van der Waals surface area contributed by atoms with Crippen LogP contribution in [0.5, 0.6) is 0 Å². The number of hydrogen-bond acceptors (Lipinski definition) is 11. The Labute approximate surface area is 277 Å². The van der Waals surface area contributed by atoms with Crippen LogP contribution >= 0.6 is 7.82 Å². The van der Waals surface area contributed by atoms with Gasteiger partial charge in [0.05, 0.1) is 51.7 Å². The third kappa shape index (κ3) is 16.1. The first-order chi connectivity index (χ1) is 22.6. The first-order valence-corrected chi connectivity index (χ1v) is 16.3. The van der Waals surface area contributed by atoms with Crippen LogP contribution in [0, 0.1) is 0 Å². The lowest BCUT2D eigenvalue weighted by atomic mass is 9.89. The topological polar surface area (TPSA) is 235 Å². The number of hydrogen-bond donors (Lipinski definition) is 6. The summed E-state index contributed by atoms with van der Waals surface area (Å²) in [6.45, 7) is -1.25. The first kappa shape index (κ1) is 40.0. The Morgan fingerprint density at radius 1 is 0.688 bits per heavy atom. The second kappa shape index (κ2) is 20.3. The van der Waals surface area contributed by atoms with Gasteiger partial charge in [-0.2, -0.15) is 0 Å². The molecule has 0 aliphatic rings. The van der Waals surface area contributed by atoms with Gasteiger partial charge in [0, 0.05) is 31.6 Å². The molecule has 0 bridgehead atoms. The van der Waals surface area contributed by atoms with E-state index in [1.165, 1.54) is 9.80 Å². The maximum Gasteiger partial charge on any atom is 0.472 e. The fourth-order valence-electron chi connectivity index (χ4n) is 5.01. The zero-order valence-electron chi connectivity index (χ0n) is 26.2. The number of carboxylic acids is 4. The Balaban J connectivity index is 2.22. The molecule has 2 atom stereocenters. The fourth-order valence-corrected chi connectivity index (χ4v) is 5.78. The van der Waals surface area contributed by atoms with Crippen molar-refractivity contribution in [2.75, 3.05) is 65.6 Å². The van der Waals surface area contributed by atoms with Crippen molar-refractivity contribution >= 4 is 31.7 Å². The molecule has 0 fully saturated rings. The number of aliphatic hydroxyl groups is 1. The van der Waals surface area contributed by atoms with E-state index in [0.717, 1.165) is 16.0 Å². The number of benzene rings is 2. The number of phosphoric acid groups is 1. The van der Waals surface area contributed by atoms with E-state index in [0.29, 0.717) is 0 Å². The molecule has 2 unspecified atom stereocenters. The number of phosphoric ester groups is 1. The second-order valence-corrected chi connectivity index (χ2v) is 12.4. The SMILES string of the molecule is C=C(O)CN(CCN(CC(=O)O)CC(COP(=O)(O)OCCC(c1ccccc1)c1ccccc1)N(CC(=O)O)CC(=O)O)CC(=O)O. The molecule has 0 amide bonds. The Kier molecular flexibility index (Phi) is 16.9. The minimum absolute atomic E-state index is 0.0871. The molecular formula is C31H42N3O13P. The number of carbonyl (C=O) groups is 4. The van der Waals surface area contributed by atoms with Crippen molar-refractivity contribution in [2.45, 2.75) is 18.4 Å². The second-order valence-electron chi connectivity index (χ2n) is 10.9. The highest BCUT2D eigenvalue weighted by Gasteiger charge is 2.31. The Hall–Kier alpha value is -4.15. The van der Waals surface area contributed by atoms with Crippen LogP contribution in [0.15, 0.2) is 73.0 Å². The Bertz CT molecular complexity index is 1330. The van der Waals surface area contributed by atoms with Crippen molar-refractivity contribution < 1.29 is 63.2 Å². The first-order valence-electron chi connectivity index (χ1n) is 14.8. The van der Waals surface area contributed by atoms with Crippen molar-refractivity contribution in [1.29, 1.82) is 0 Å². The Morgan fingerprint density at radius 2 is 1.15 bits per heavy atom. The van der Waals surface area contributed by atoms with E-state index in [-0.39, 0.29) is 50.9 Å². The minimum Gasteiger partial charge on any atom is -0.512 e. The van der Waals surface area contributed by atoms with E-state index in [1.807, 2.05) is 60.7 Å². The van der Waals surface area contributed by atoms with Crippen molar-refractivity contribution in [1.82, 2.24) is 14.7 Å². The van der Waals surface area contributed by atoms with Gasteiger partial charge in [-0.1, -0.05) is 67.2 Å². The zero-order valence-corrected chi connectivity index (χ0v) is 27.1. The molecule has 17 heteroatoms. The van der Waals surface area contributed by atoms with Crippen LogP contribution in [0.1, 0.15) is 23.5 Å². The molecule has 264 valence electrons. The molecule has 2 rings (SSSR count). The van der Waals surface area contributed by atoms with Crippen LogP contribution in [0.25, 0.3) is 0 Å². The van der Waals surface area contributed by atoms with Gasteiger partial charge in [-0.15, -0.1) is 0 Å². The number of aliphatic hydroxyl groups excluding tert-OH is 1. The lowest BCUT2D eigenvalue weighted by Gasteiger charge is -2.34. The standard InChI is InChI=1S/C31H42N3O13P/c1-23(35)16-32(18-28(36)37)13-14-33(19-29(38)39)17-26(34(20-30(40)41)21-31(42)43)22-47-48(44,45)46-15-12-27(24-8-4-2-5-9-24)25-10-6-3-7-11-25/h2-11,26-27,35H,1,12-22H2,(H,36,37)(H,38,39)(H,40,41)(H,42,43)(H,44,45). The molecule has 48 heavy (non-hydrogen) atoms. The summed E-state index contributed by atoms with van der Waals surface area (Å²) in [5.74, 6) is -5.89. The van der Waals surface area contributed by atoms with Crippen molar-refractivity contribution in [3.05, 3.63) is 84.1 Å². The van der Waals surface area contributed by atoms with Gasteiger partial charge in [0.2, 0.25) is 0 Å². The number of aliphatic carboxylic acids is 4. The summed E-state index contributed by atoms with van der Waals surface area (Å²) in [6, 6.07) is 17.6. The van der Waals surface area contributed by atoms with Crippen LogP contribution < -0.4 is 0 Å². The number of rotatable bonds is 25. The maximum absolute atomic E-state index is 13.0. The average Bonchev–Trinajstić information content (AvgIpc) is 2.99. The molecule has 0 saturated carbocycles. The summed E-state index contributed by atoms with van der Waals surface area (Å²) < 4.78 is 23.5. The van der Waals surface area contributed by atoms with Gasteiger partial charge in [-0.05, 0) is 17.5 Å². The van der Waals surface area contributed by atoms with Crippen LogP contribution in [-0.4, -0.2) is 141 Å². The van der Waals surface area contributed by atoms with Crippen molar-refractivity contribution in [2.24, 2.45) is 0 Å². The number of carboxylic acid groups (broad SMARTS) is 4. The number of nitrogens with zero attached hydrogens (tertiary/aromatic N) is 3. The van der Waals surface area contributed by atoms with Crippen LogP contribution in [0.4, 0.5) is 0 Å². The van der Waals surface area contributed by atoms with E-state index < -0.39 is 70.5 Å². The fraction of sp³-hybridized carbons (Fsp3) is 0.419. The summed E-state index contributed by atoms with van der Waals surface area (Å²) >= 11 is 0. The largest absolute Gasteiger partial charge is 0.512 e. The summed E-state index contributed by atoms with van der Waals surface area (Å²) in [6.07, 6.45) is 0.287. The van der Waals surface area contributed by atoms with Crippen molar-refractivity contribution in [3.8, 4) is 0 Å². The van der Waals surface area contributed by atoms with Gasteiger partial charge >= 0.3 is 31.7 Å². The lowest BCUT2D eigenvalue weighted by molar-refractivity contribution is -0.144. The van der Waals surface area contributed by atoms with E-state index in [2.05, 4.69) is 6.58 Å². The lowest BCUT2D eigenvalue weighted by Crippen LogP contribution is -2.52. The summed E-state index contributed by atoms with van der Waals surface area (Å²) in [5.41, 5.74) is 1.89. The van der Waals surface area contributed by atoms with Gasteiger partial charge in [0.25, 0.3) is 0 Å². The molecule has 0 aliphatic carbocycles. The smallest absolute Gasteiger partial charge is 0.472 e. The molecule has 0 saturated heterocycles. The van der Waals surface area contributed by atoms with Gasteiger partial charge in [-0.25, -0.2) is 4.57 Å². The molecule has 16 nitrogen and oxygen atoms in total. The van der Waals surface area contributed by atoms with E-state index in [9.17, 15) is 54.2 Å². The van der Waals surface area contributed by atoms with E-state index >= 15 is 0 Å². The molecular weight excluding hydrogens is 653 g/mol. The highest BCUT2D eigenvalue weighted by atomic mass is 31.2. The highest BCUT2D eigenvalue weighted by molar-refractivity contribution is 7.47. The van der Waals surface area contributed by atoms with Gasteiger partial charge in [0.15, 0.2) is 0 Å². The third-order valence-electron chi connectivity index (χ3n) is 7.01. The normalized spacial score (nSPS) is 13.4. The van der Waals surface area contributed by atoms with Gasteiger partial charge in [-0.3, -0.25) is 42.9 Å².